The number of halogens is 4. The van der Waals surface area contributed by atoms with Gasteiger partial charge in [-0.2, -0.15) is 0 Å². The van der Waals surface area contributed by atoms with Gasteiger partial charge in [0.1, 0.15) is 11.9 Å². The summed E-state index contributed by atoms with van der Waals surface area (Å²) in [7, 11) is 1.23. The fourth-order valence-electron chi connectivity index (χ4n) is 1.77. The van der Waals surface area contributed by atoms with Crippen LogP contribution < -0.4 is 4.74 Å². The predicted molar refractivity (Wildman–Crippen MR) is 63.3 cm³/mol. The second-order valence-electron chi connectivity index (χ2n) is 4.08. The third kappa shape index (κ3) is 2.60. The fourth-order valence-corrected chi connectivity index (χ4v) is 1.77. The summed E-state index contributed by atoms with van der Waals surface area (Å²) in [5.41, 5.74) is -0.356. The number of aliphatic hydroxyl groups excluding tert-OH is 1. The van der Waals surface area contributed by atoms with Crippen molar-refractivity contribution >= 4 is 0 Å². The summed E-state index contributed by atoms with van der Waals surface area (Å²) in [4.78, 5) is 0. The molecule has 0 spiro atoms. The van der Waals surface area contributed by atoms with Gasteiger partial charge in [0.2, 0.25) is 0 Å². The van der Waals surface area contributed by atoms with Crippen LogP contribution in [0.3, 0.4) is 0 Å². The minimum absolute atomic E-state index is 0.0909. The van der Waals surface area contributed by atoms with E-state index in [2.05, 4.69) is 0 Å². The SMILES string of the molecule is COc1cc(C(O)c2cc(F)c(F)cc2F)ccc1F. The molecule has 0 aliphatic heterocycles. The van der Waals surface area contributed by atoms with Crippen LogP contribution >= 0.6 is 0 Å². The Morgan fingerprint density at radius 3 is 2.20 bits per heavy atom. The van der Waals surface area contributed by atoms with Crippen LogP contribution in [-0.4, -0.2) is 12.2 Å². The van der Waals surface area contributed by atoms with E-state index in [9.17, 15) is 22.7 Å². The number of hydrogen-bond acceptors (Lipinski definition) is 2. The van der Waals surface area contributed by atoms with Crippen LogP contribution in [0.1, 0.15) is 17.2 Å². The molecule has 0 fully saturated rings. The largest absolute Gasteiger partial charge is 0.494 e. The van der Waals surface area contributed by atoms with Crippen LogP contribution in [0.15, 0.2) is 30.3 Å². The van der Waals surface area contributed by atoms with Crippen molar-refractivity contribution in [2.75, 3.05) is 7.11 Å². The lowest BCUT2D eigenvalue weighted by Crippen LogP contribution is -2.05. The van der Waals surface area contributed by atoms with Gasteiger partial charge in [-0.3, -0.25) is 0 Å². The molecule has 0 heterocycles. The molecule has 2 rings (SSSR count). The quantitative estimate of drug-likeness (QED) is 0.692. The molecule has 2 aromatic rings. The number of benzene rings is 2. The van der Waals surface area contributed by atoms with E-state index >= 15 is 0 Å². The summed E-state index contributed by atoms with van der Waals surface area (Å²) in [6.07, 6.45) is -1.57. The van der Waals surface area contributed by atoms with Gasteiger partial charge in [0.05, 0.1) is 7.11 Å². The number of aliphatic hydroxyl groups is 1. The highest BCUT2D eigenvalue weighted by Gasteiger charge is 2.19. The van der Waals surface area contributed by atoms with E-state index in [0.717, 1.165) is 12.1 Å². The van der Waals surface area contributed by atoms with Gasteiger partial charge in [-0.25, -0.2) is 17.6 Å². The van der Waals surface area contributed by atoms with Gasteiger partial charge in [-0.05, 0) is 23.8 Å². The van der Waals surface area contributed by atoms with Gasteiger partial charge in [0.15, 0.2) is 23.2 Å². The maximum atomic E-state index is 13.6. The first-order chi connectivity index (χ1) is 9.43. The number of ether oxygens (including phenoxy) is 1. The van der Waals surface area contributed by atoms with Gasteiger partial charge < -0.3 is 9.84 Å². The van der Waals surface area contributed by atoms with Gasteiger partial charge >= 0.3 is 0 Å². The Morgan fingerprint density at radius 2 is 1.55 bits per heavy atom. The molecule has 0 bridgehead atoms. The number of hydrogen-bond donors (Lipinski definition) is 1. The van der Waals surface area contributed by atoms with Gasteiger partial charge in [-0.15, -0.1) is 0 Å². The summed E-state index contributed by atoms with van der Waals surface area (Å²) < 4.78 is 57.5. The molecule has 0 aromatic heterocycles. The molecular weight excluding hydrogens is 276 g/mol. The fraction of sp³-hybridized carbons (Fsp3) is 0.143. The molecule has 1 atom stereocenters. The lowest BCUT2D eigenvalue weighted by Gasteiger charge is -2.14. The molecule has 20 heavy (non-hydrogen) atoms. The Morgan fingerprint density at radius 1 is 0.900 bits per heavy atom. The molecule has 0 aliphatic rings. The average Bonchev–Trinajstić information content (AvgIpc) is 2.42. The summed E-state index contributed by atoms with van der Waals surface area (Å²) in [5.74, 6) is -4.54. The minimum Gasteiger partial charge on any atom is -0.494 e. The standard InChI is InChI=1S/C14H10F4O2/c1-20-13-4-7(2-3-9(13)15)14(19)8-5-11(17)12(18)6-10(8)16/h2-6,14,19H,1H3. The smallest absolute Gasteiger partial charge is 0.165 e. The summed E-state index contributed by atoms with van der Waals surface area (Å²) >= 11 is 0. The third-order valence-electron chi connectivity index (χ3n) is 2.83. The van der Waals surface area contributed by atoms with Crippen molar-refractivity contribution in [2.45, 2.75) is 6.10 Å². The average molecular weight is 286 g/mol. The van der Waals surface area contributed by atoms with Crippen LogP contribution in [-0.2, 0) is 0 Å². The monoisotopic (exact) mass is 286 g/mol. The molecular formula is C14H10F4O2. The van der Waals surface area contributed by atoms with Gasteiger partial charge in [0.25, 0.3) is 0 Å². The van der Waals surface area contributed by atoms with E-state index in [0.29, 0.717) is 12.1 Å². The zero-order chi connectivity index (χ0) is 14.9. The van der Waals surface area contributed by atoms with Crippen molar-refractivity contribution in [3.05, 3.63) is 64.7 Å². The Labute approximate surface area is 112 Å². The second-order valence-corrected chi connectivity index (χ2v) is 4.08. The van der Waals surface area contributed by atoms with Crippen LogP contribution in [0.25, 0.3) is 0 Å². The highest BCUT2D eigenvalue weighted by Crippen LogP contribution is 2.29. The molecule has 0 saturated heterocycles. The Hall–Kier alpha value is -2.08. The molecule has 0 radical (unpaired) electrons. The molecule has 6 heteroatoms. The highest BCUT2D eigenvalue weighted by molar-refractivity contribution is 5.37. The van der Waals surface area contributed by atoms with Crippen LogP contribution in [0.2, 0.25) is 0 Å². The lowest BCUT2D eigenvalue weighted by atomic mass is 10.0. The Balaban J connectivity index is 2.46. The maximum Gasteiger partial charge on any atom is 0.165 e. The maximum absolute atomic E-state index is 13.6. The predicted octanol–water partition coefficient (Wildman–Crippen LogP) is 3.33. The molecule has 0 saturated carbocycles. The lowest BCUT2D eigenvalue weighted by molar-refractivity contribution is 0.213. The van der Waals surface area contributed by atoms with Gasteiger partial charge in [-0.1, -0.05) is 6.07 Å². The third-order valence-corrected chi connectivity index (χ3v) is 2.83. The summed E-state index contributed by atoms with van der Waals surface area (Å²) in [5, 5.41) is 9.99. The topological polar surface area (TPSA) is 29.5 Å². The van der Waals surface area contributed by atoms with Crippen LogP contribution in [0.4, 0.5) is 17.6 Å². The normalized spacial score (nSPS) is 12.3. The molecule has 2 aromatic carbocycles. The Kier molecular flexibility index (Phi) is 3.94. The first-order valence-electron chi connectivity index (χ1n) is 5.60. The van der Waals surface area contributed by atoms with E-state index in [4.69, 9.17) is 4.74 Å². The number of methoxy groups -OCH3 is 1. The van der Waals surface area contributed by atoms with E-state index < -0.39 is 34.9 Å². The van der Waals surface area contributed by atoms with Crippen molar-refractivity contribution in [3.8, 4) is 5.75 Å². The van der Waals surface area contributed by atoms with E-state index in [-0.39, 0.29) is 11.3 Å². The van der Waals surface area contributed by atoms with Crippen LogP contribution in [0.5, 0.6) is 5.75 Å². The first-order valence-corrected chi connectivity index (χ1v) is 5.60. The first kappa shape index (κ1) is 14.3. The van der Waals surface area contributed by atoms with Crippen molar-refractivity contribution in [2.24, 2.45) is 0 Å². The summed E-state index contributed by atoms with van der Waals surface area (Å²) in [6, 6.07) is 4.28. The van der Waals surface area contributed by atoms with Crippen LogP contribution in [0, 0.1) is 23.3 Å². The molecule has 1 unspecified atom stereocenters. The van der Waals surface area contributed by atoms with E-state index in [1.54, 1.807) is 0 Å². The zero-order valence-corrected chi connectivity index (χ0v) is 10.3. The highest BCUT2D eigenvalue weighted by atomic mass is 19.2. The van der Waals surface area contributed by atoms with Crippen molar-refractivity contribution in [1.82, 2.24) is 0 Å². The number of rotatable bonds is 3. The second kappa shape index (κ2) is 5.50. The van der Waals surface area contributed by atoms with Crippen molar-refractivity contribution < 1.29 is 27.4 Å². The molecule has 0 aliphatic carbocycles. The minimum atomic E-state index is -1.57. The van der Waals surface area contributed by atoms with E-state index in [1.165, 1.54) is 13.2 Å². The van der Waals surface area contributed by atoms with Crippen molar-refractivity contribution in [3.63, 3.8) is 0 Å². The molecule has 106 valence electrons. The van der Waals surface area contributed by atoms with Gasteiger partial charge in [0, 0.05) is 11.6 Å². The zero-order valence-electron chi connectivity index (χ0n) is 10.3. The molecule has 1 N–H and O–H groups in total. The van der Waals surface area contributed by atoms with E-state index in [1.807, 2.05) is 0 Å². The Bertz CT molecular complexity index is 643. The molecule has 2 nitrogen and oxygen atoms in total. The van der Waals surface area contributed by atoms with Crippen molar-refractivity contribution in [1.29, 1.82) is 0 Å². The summed E-state index contributed by atoms with van der Waals surface area (Å²) in [6.45, 7) is 0. The molecule has 0 amide bonds.